The van der Waals surface area contributed by atoms with Gasteiger partial charge >= 0.3 is 18.4 Å². The van der Waals surface area contributed by atoms with Crippen molar-refractivity contribution in [2.24, 2.45) is 0 Å². The Morgan fingerprint density at radius 3 is 2.16 bits per heavy atom. The van der Waals surface area contributed by atoms with Crippen molar-refractivity contribution in [3.8, 4) is 11.5 Å². The minimum Gasteiger partial charge on any atom is -0.497 e. The smallest absolute Gasteiger partial charge is 0.416 e. The molecule has 0 saturated carbocycles. The number of carbonyl (C=O) groups is 1. The van der Waals surface area contributed by atoms with E-state index < -0.39 is 40.6 Å². The van der Waals surface area contributed by atoms with Crippen LogP contribution in [0.1, 0.15) is 22.1 Å². The van der Waals surface area contributed by atoms with E-state index in [1.165, 1.54) is 30.9 Å². The van der Waals surface area contributed by atoms with Crippen molar-refractivity contribution in [2.45, 2.75) is 17.7 Å². The van der Waals surface area contributed by atoms with Gasteiger partial charge in [0.1, 0.15) is 16.9 Å². The topological polar surface area (TPSA) is 50.8 Å². The van der Waals surface area contributed by atoms with Crippen LogP contribution in [0.15, 0.2) is 36.4 Å². The highest BCUT2D eigenvalue weighted by Crippen LogP contribution is 2.44. The van der Waals surface area contributed by atoms with Crippen LogP contribution >= 0.6 is 11.8 Å². The first kappa shape index (κ1) is 23.9. The summed E-state index contributed by atoms with van der Waals surface area (Å²) < 4.78 is 89.1. The minimum atomic E-state index is -5.01. The van der Waals surface area contributed by atoms with Gasteiger partial charge in [0.05, 0.1) is 25.3 Å². The maximum absolute atomic E-state index is 13.1. The number of alkyl halides is 6. The van der Waals surface area contributed by atoms with E-state index in [4.69, 9.17) is 9.47 Å². The summed E-state index contributed by atoms with van der Waals surface area (Å²) in [7, 11) is 2.90. The molecule has 1 N–H and O–H groups in total. The minimum absolute atomic E-state index is 0.00523. The van der Waals surface area contributed by atoms with Gasteiger partial charge in [-0.15, -0.1) is 11.8 Å². The van der Waals surface area contributed by atoms with Gasteiger partial charge in [0, 0.05) is 23.5 Å². The summed E-state index contributed by atoms with van der Waals surface area (Å²) in [4.78, 5) is 14.2. The molecule has 1 aliphatic rings. The molecule has 32 heavy (non-hydrogen) atoms. The van der Waals surface area contributed by atoms with Crippen LogP contribution < -0.4 is 14.8 Å². The fourth-order valence-electron chi connectivity index (χ4n) is 3.19. The van der Waals surface area contributed by atoms with Crippen LogP contribution in [0, 0.1) is 0 Å². The highest BCUT2D eigenvalue weighted by Gasteiger charge is 2.38. The average Bonchev–Trinajstić information content (AvgIpc) is 3.21. The van der Waals surface area contributed by atoms with Crippen LogP contribution in [0.2, 0.25) is 0 Å². The number of carbonyl (C=O) groups excluding carboxylic acids is 1. The van der Waals surface area contributed by atoms with Crippen molar-refractivity contribution in [2.75, 3.05) is 31.8 Å². The van der Waals surface area contributed by atoms with Crippen molar-refractivity contribution >= 4 is 23.5 Å². The van der Waals surface area contributed by atoms with Gasteiger partial charge in [0.2, 0.25) is 0 Å². The molecule has 0 aliphatic carbocycles. The fourth-order valence-corrected chi connectivity index (χ4v) is 4.46. The summed E-state index contributed by atoms with van der Waals surface area (Å²) in [5.41, 5.74) is -3.04. The number of anilines is 1. The largest absolute Gasteiger partial charge is 0.497 e. The van der Waals surface area contributed by atoms with Gasteiger partial charge in [-0.1, -0.05) is 0 Å². The number of hydrogen-bond donors (Lipinski definition) is 1. The van der Waals surface area contributed by atoms with E-state index in [0.29, 0.717) is 34.9 Å². The Morgan fingerprint density at radius 2 is 1.62 bits per heavy atom. The Hall–Kier alpha value is -2.76. The van der Waals surface area contributed by atoms with Gasteiger partial charge in [-0.3, -0.25) is 0 Å². The summed E-state index contributed by atoms with van der Waals surface area (Å²) in [6, 6.07) is 5.07. The van der Waals surface area contributed by atoms with E-state index in [2.05, 4.69) is 5.32 Å². The summed E-state index contributed by atoms with van der Waals surface area (Å²) >= 11 is 1.38. The monoisotopic (exact) mass is 480 g/mol. The zero-order chi connectivity index (χ0) is 23.7. The maximum atomic E-state index is 13.1. The van der Waals surface area contributed by atoms with Crippen molar-refractivity contribution < 1.29 is 40.6 Å². The number of amides is 2. The highest BCUT2D eigenvalue weighted by molar-refractivity contribution is 7.99. The lowest BCUT2D eigenvalue weighted by atomic mass is 10.1. The van der Waals surface area contributed by atoms with Crippen LogP contribution in [0.25, 0.3) is 0 Å². The molecule has 1 fully saturated rings. The zero-order valence-electron chi connectivity index (χ0n) is 16.8. The quantitative estimate of drug-likeness (QED) is 0.544. The third-order valence-electron chi connectivity index (χ3n) is 4.69. The molecule has 0 bridgehead atoms. The molecule has 3 rings (SSSR count). The van der Waals surface area contributed by atoms with E-state index in [1.54, 1.807) is 18.2 Å². The first-order chi connectivity index (χ1) is 14.9. The lowest BCUT2D eigenvalue weighted by molar-refractivity contribution is -0.143. The fraction of sp³-hybridized carbons (Fsp3) is 0.350. The Kier molecular flexibility index (Phi) is 6.72. The van der Waals surface area contributed by atoms with Crippen molar-refractivity contribution in [1.29, 1.82) is 0 Å². The Morgan fingerprint density at radius 1 is 1.00 bits per heavy atom. The first-order valence-corrected chi connectivity index (χ1v) is 10.2. The van der Waals surface area contributed by atoms with Crippen molar-refractivity contribution in [3.05, 3.63) is 53.1 Å². The van der Waals surface area contributed by atoms with Gasteiger partial charge in [0.25, 0.3) is 0 Å². The van der Waals surface area contributed by atoms with E-state index in [9.17, 15) is 31.1 Å². The van der Waals surface area contributed by atoms with Gasteiger partial charge in [-0.05, 0) is 36.4 Å². The van der Waals surface area contributed by atoms with Gasteiger partial charge in [0.15, 0.2) is 0 Å². The summed E-state index contributed by atoms with van der Waals surface area (Å²) in [6.45, 7) is 0.229. The first-order valence-electron chi connectivity index (χ1n) is 9.14. The number of benzene rings is 2. The van der Waals surface area contributed by atoms with Gasteiger partial charge in [-0.2, -0.15) is 26.3 Å². The molecule has 0 radical (unpaired) electrons. The molecule has 0 spiro atoms. The molecule has 2 aromatic carbocycles. The van der Waals surface area contributed by atoms with Crippen LogP contribution in [-0.2, 0) is 12.4 Å². The van der Waals surface area contributed by atoms with E-state index in [1.807, 2.05) is 0 Å². The maximum Gasteiger partial charge on any atom is 0.416 e. The Labute approximate surface area is 183 Å². The number of urea groups is 1. The molecule has 1 atom stereocenters. The molecule has 12 heteroatoms. The predicted octanol–water partition coefficient (Wildman–Crippen LogP) is 6.02. The second kappa shape index (κ2) is 9.00. The lowest BCUT2D eigenvalue weighted by Gasteiger charge is -2.26. The summed E-state index contributed by atoms with van der Waals surface area (Å²) in [5.74, 6) is 1.47. The number of thioether (sulfide) groups is 1. The zero-order valence-corrected chi connectivity index (χ0v) is 17.6. The normalized spacial score (nSPS) is 16.8. The number of nitrogens with zero attached hydrogens (tertiary/aromatic N) is 1. The van der Waals surface area contributed by atoms with Crippen LogP contribution in [-0.4, -0.2) is 37.4 Å². The van der Waals surface area contributed by atoms with E-state index in [0.717, 1.165) is 0 Å². The van der Waals surface area contributed by atoms with Crippen LogP contribution in [0.3, 0.4) is 0 Å². The van der Waals surface area contributed by atoms with E-state index in [-0.39, 0.29) is 12.6 Å². The number of ether oxygens (including phenoxy) is 2. The van der Waals surface area contributed by atoms with Gasteiger partial charge < -0.3 is 19.7 Å². The van der Waals surface area contributed by atoms with Crippen LogP contribution in [0.5, 0.6) is 11.5 Å². The average molecular weight is 480 g/mol. The molecule has 2 aromatic rings. The number of nitrogens with one attached hydrogen (secondary N) is 1. The number of hydrogen-bond acceptors (Lipinski definition) is 4. The molecular formula is C20H18F6N2O3S. The molecule has 2 amide bonds. The predicted molar refractivity (Wildman–Crippen MR) is 107 cm³/mol. The second-order valence-corrected chi connectivity index (χ2v) is 7.94. The number of rotatable bonds is 4. The SMILES string of the molecule is COc1ccc(OC)c(C2SCCN2C(=O)Nc2cc(C(F)(F)F)cc(C(F)(F)F)c2)c1. The number of methoxy groups -OCH3 is 2. The molecular weight excluding hydrogens is 462 g/mol. The molecule has 5 nitrogen and oxygen atoms in total. The standard InChI is InChI=1S/C20H18F6N2O3S/c1-30-14-3-4-16(31-2)15(10-14)17-28(5-6-32-17)18(29)27-13-8-11(19(21,22)23)7-12(9-13)20(24,25)26/h3-4,7-10,17H,5-6H2,1-2H3,(H,27,29). The Bertz CT molecular complexity index is 964. The highest BCUT2D eigenvalue weighted by atomic mass is 32.2. The van der Waals surface area contributed by atoms with Crippen molar-refractivity contribution in [1.82, 2.24) is 4.90 Å². The van der Waals surface area contributed by atoms with E-state index >= 15 is 0 Å². The molecule has 1 saturated heterocycles. The number of halogens is 6. The summed E-state index contributed by atoms with van der Waals surface area (Å²) in [5, 5.41) is 1.60. The lowest BCUT2D eigenvalue weighted by Crippen LogP contribution is -2.34. The Balaban J connectivity index is 1.92. The van der Waals surface area contributed by atoms with Crippen molar-refractivity contribution in [3.63, 3.8) is 0 Å². The molecule has 1 aliphatic heterocycles. The van der Waals surface area contributed by atoms with Gasteiger partial charge in [-0.25, -0.2) is 4.79 Å². The second-order valence-electron chi connectivity index (χ2n) is 6.75. The molecule has 1 unspecified atom stereocenters. The molecule has 1 heterocycles. The molecule has 174 valence electrons. The third kappa shape index (κ3) is 5.17. The molecule has 0 aromatic heterocycles. The third-order valence-corrected chi connectivity index (χ3v) is 5.94. The van der Waals surface area contributed by atoms with Crippen LogP contribution in [0.4, 0.5) is 36.8 Å². The summed E-state index contributed by atoms with van der Waals surface area (Å²) in [6.07, 6.45) is -10.0.